The van der Waals surface area contributed by atoms with E-state index < -0.39 is 0 Å². The van der Waals surface area contributed by atoms with E-state index in [0.29, 0.717) is 16.5 Å². The molecule has 0 radical (unpaired) electrons. The molecule has 0 atom stereocenters. The predicted octanol–water partition coefficient (Wildman–Crippen LogP) is 2.49. The van der Waals surface area contributed by atoms with Gasteiger partial charge in [0.05, 0.1) is 5.39 Å². The number of benzene rings is 1. The molecule has 0 bridgehead atoms. The van der Waals surface area contributed by atoms with Crippen molar-refractivity contribution in [1.82, 2.24) is 5.16 Å². The van der Waals surface area contributed by atoms with Crippen molar-refractivity contribution in [1.29, 1.82) is 0 Å². The van der Waals surface area contributed by atoms with Gasteiger partial charge in [0.25, 0.3) is 5.88 Å². The Kier molecular flexibility index (Phi) is 2.30. The molecule has 0 aliphatic rings. The van der Waals surface area contributed by atoms with Crippen molar-refractivity contribution in [3.8, 4) is 18.2 Å². The lowest BCUT2D eigenvalue weighted by Gasteiger charge is -1.95. The largest absolute Gasteiger partial charge is 0.462 e. The summed E-state index contributed by atoms with van der Waals surface area (Å²) in [5, 5.41) is 5.05. The van der Waals surface area contributed by atoms with E-state index in [1.54, 1.807) is 18.2 Å². The molecule has 4 heteroatoms. The first-order valence-corrected chi connectivity index (χ1v) is 4.30. The van der Waals surface area contributed by atoms with Gasteiger partial charge in [-0.15, -0.1) is 6.42 Å². The fraction of sp³-hybridized carbons (Fsp3) is 0.100. The van der Waals surface area contributed by atoms with E-state index in [1.165, 1.54) is 0 Å². The second-order valence-corrected chi connectivity index (χ2v) is 3.06. The molecule has 1 aromatic heterocycles. The van der Waals surface area contributed by atoms with Gasteiger partial charge in [-0.25, -0.2) is 0 Å². The third-order valence-electron chi connectivity index (χ3n) is 1.69. The third kappa shape index (κ3) is 1.52. The Labute approximate surface area is 85.6 Å². The Hall–Kier alpha value is -1.66. The SMILES string of the molecule is C#CCOc1noc2ccc(Cl)cc12. The fourth-order valence-electron chi connectivity index (χ4n) is 1.10. The van der Waals surface area contributed by atoms with Crippen LogP contribution in [0.15, 0.2) is 22.7 Å². The average molecular weight is 208 g/mol. The third-order valence-corrected chi connectivity index (χ3v) is 1.93. The van der Waals surface area contributed by atoms with Gasteiger partial charge in [-0.1, -0.05) is 17.5 Å². The van der Waals surface area contributed by atoms with Gasteiger partial charge in [-0.05, 0) is 23.4 Å². The highest BCUT2D eigenvalue weighted by molar-refractivity contribution is 6.31. The summed E-state index contributed by atoms with van der Waals surface area (Å²) in [5.41, 5.74) is 0.626. The number of rotatable bonds is 2. The Bertz CT molecular complexity index is 498. The van der Waals surface area contributed by atoms with Gasteiger partial charge in [-0.2, -0.15) is 0 Å². The van der Waals surface area contributed by atoms with Crippen LogP contribution < -0.4 is 4.74 Å². The van der Waals surface area contributed by atoms with E-state index in [1.807, 2.05) is 0 Å². The molecule has 1 aromatic carbocycles. The van der Waals surface area contributed by atoms with Crippen LogP contribution in [0.25, 0.3) is 11.0 Å². The molecule has 0 aliphatic heterocycles. The van der Waals surface area contributed by atoms with Gasteiger partial charge in [0.2, 0.25) is 0 Å². The van der Waals surface area contributed by atoms with Crippen molar-refractivity contribution in [2.24, 2.45) is 0 Å². The van der Waals surface area contributed by atoms with E-state index in [0.717, 1.165) is 5.39 Å². The van der Waals surface area contributed by atoms with Crippen molar-refractivity contribution in [3.05, 3.63) is 23.2 Å². The molecule has 0 saturated heterocycles. The lowest BCUT2D eigenvalue weighted by atomic mass is 10.2. The van der Waals surface area contributed by atoms with Crippen LogP contribution >= 0.6 is 11.6 Å². The second-order valence-electron chi connectivity index (χ2n) is 2.62. The van der Waals surface area contributed by atoms with Gasteiger partial charge in [0.1, 0.15) is 0 Å². The van der Waals surface area contributed by atoms with Crippen LogP contribution in [-0.4, -0.2) is 11.8 Å². The van der Waals surface area contributed by atoms with Crippen molar-refractivity contribution < 1.29 is 9.26 Å². The average Bonchev–Trinajstić information content (AvgIpc) is 2.57. The number of ether oxygens (including phenoxy) is 1. The number of halogens is 1. The van der Waals surface area contributed by atoms with Crippen LogP contribution in [0.3, 0.4) is 0 Å². The molecule has 14 heavy (non-hydrogen) atoms. The standard InChI is InChI=1S/C10H6ClNO2/c1-2-5-13-10-8-6-7(11)3-4-9(8)14-12-10/h1,3-4,6H,5H2. The van der Waals surface area contributed by atoms with Gasteiger partial charge in [-0.3, -0.25) is 0 Å². The highest BCUT2D eigenvalue weighted by Crippen LogP contribution is 2.27. The molecule has 0 amide bonds. The van der Waals surface area contributed by atoms with Gasteiger partial charge in [0, 0.05) is 5.02 Å². The Morgan fingerprint density at radius 1 is 1.57 bits per heavy atom. The zero-order valence-corrected chi connectivity index (χ0v) is 7.91. The molecule has 70 valence electrons. The van der Waals surface area contributed by atoms with Crippen LogP contribution in [0, 0.1) is 12.3 Å². The first-order chi connectivity index (χ1) is 6.81. The van der Waals surface area contributed by atoms with Crippen LogP contribution in [0.5, 0.6) is 5.88 Å². The zero-order chi connectivity index (χ0) is 9.97. The Balaban J connectivity index is 2.46. The molecule has 0 N–H and O–H groups in total. The van der Waals surface area contributed by atoms with Gasteiger partial charge >= 0.3 is 0 Å². The summed E-state index contributed by atoms with van der Waals surface area (Å²) in [5.74, 6) is 2.72. The number of hydrogen-bond acceptors (Lipinski definition) is 3. The summed E-state index contributed by atoms with van der Waals surface area (Å²) in [6.45, 7) is 0.161. The van der Waals surface area contributed by atoms with E-state index in [2.05, 4.69) is 11.1 Å². The Morgan fingerprint density at radius 2 is 2.43 bits per heavy atom. The highest BCUT2D eigenvalue weighted by atomic mass is 35.5. The molecule has 3 nitrogen and oxygen atoms in total. The van der Waals surface area contributed by atoms with E-state index in [9.17, 15) is 0 Å². The summed E-state index contributed by atoms with van der Waals surface area (Å²) in [6, 6.07) is 5.17. The lowest BCUT2D eigenvalue weighted by Crippen LogP contribution is -1.93. The molecular weight excluding hydrogens is 202 g/mol. The van der Waals surface area contributed by atoms with Crippen LogP contribution in [0.4, 0.5) is 0 Å². The lowest BCUT2D eigenvalue weighted by molar-refractivity contribution is 0.322. The maximum atomic E-state index is 5.82. The molecule has 0 aliphatic carbocycles. The number of terminal acetylenes is 1. The van der Waals surface area contributed by atoms with E-state index >= 15 is 0 Å². The predicted molar refractivity (Wildman–Crippen MR) is 53.3 cm³/mol. The van der Waals surface area contributed by atoms with Crippen molar-refractivity contribution in [3.63, 3.8) is 0 Å². The Morgan fingerprint density at radius 3 is 3.21 bits per heavy atom. The highest BCUT2D eigenvalue weighted by Gasteiger charge is 2.08. The molecule has 2 aromatic rings. The number of aromatic nitrogens is 1. The van der Waals surface area contributed by atoms with Crippen LogP contribution in [0.1, 0.15) is 0 Å². The first kappa shape index (κ1) is 8.92. The maximum absolute atomic E-state index is 5.82. The van der Waals surface area contributed by atoms with Crippen molar-refractivity contribution >= 4 is 22.6 Å². The van der Waals surface area contributed by atoms with Crippen LogP contribution in [0.2, 0.25) is 5.02 Å². The molecule has 2 rings (SSSR count). The van der Waals surface area contributed by atoms with Crippen molar-refractivity contribution in [2.75, 3.05) is 6.61 Å². The normalized spacial score (nSPS) is 10.0. The minimum Gasteiger partial charge on any atom is -0.462 e. The monoisotopic (exact) mass is 207 g/mol. The maximum Gasteiger partial charge on any atom is 0.263 e. The smallest absolute Gasteiger partial charge is 0.263 e. The number of fused-ring (bicyclic) bond motifs is 1. The zero-order valence-electron chi connectivity index (χ0n) is 7.16. The molecule has 0 saturated carbocycles. The summed E-state index contributed by atoms with van der Waals surface area (Å²) < 4.78 is 10.2. The molecule has 0 fully saturated rings. The van der Waals surface area contributed by atoms with Crippen molar-refractivity contribution in [2.45, 2.75) is 0 Å². The summed E-state index contributed by atoms with van der Waals surface area (Å²) in [7, 11) is 0. The first-order valence-electron chi connectivity index (χ1n) is 3.92. The molecule has 0 spiro atoms. The molecule has 1 heterocycles. The number of hydrogen-bond donors (Lipinski definition) is 0. The molecule has 0 unspecified atom stereocenters. The van der Waals surface area contributed by atoms with Gasteiger partial charge in [0.15, 0.2) is 12.2 Å². The molecular formula is C10H6ClNO2. The fourth-order valence-corrected chi connectivity index (χ4v) is 1.27. The minimum atomic E-state index is 0.161. The van der Waals surface area contributed by atoms with E-state index in [4.69, 9.17) is 27.3 Å². The minimum absolute atomic E-state index is 0.161. The quantitative estimate of drug-likeness (QED) is 0.710. The summed E-state index contributed by atoms with van der Waals surface area (Å²) >= 11 is 5.82. The van der Waals surface area contributed by atoms with Gasteiger partial charge < -0.3 is 9.26 Å². The summed E-state index contributed by atoms with van der Waals surface area (Å²) in [4.78, 5) is 0. The van der Waals surface area contributed by atoms with Crippen LogP contribution in [-0.2, 0) is 0 Å². The number of nitrogens with zero attached hydrogens (tertiary/aromatic N) is 1. The second kappa shape index (κ2) is 3.60. The topological polar surface area (TPSA) is 35.3 Å². The van der Waals surface area contributed by atoms with E-state index in [-0.39, 0.29) is 6.61 Å². The summed E-state index contributed by atoms with van der Waals surface area (Å²) in [6.07, 6.45) is 5.06.